The van der Waals surface area contributed by atoms with E-state index in [1.54, 1.807) is 7.11 Å². The highest BCUT2D eigenvalue weighted by molar-refractivity contribution is 5.95. The average Bonchev–Trinajstić information content (AvgIpc) is 3.39. The van der Waals surface area contributed by atoms with Crippen molar-refractivity contribution in [2.45, 2.75) is 12.8 Å². The van der Waals surface area contributed by atoms with Crippen LogP contribution in [0.3, 0.4) is 0 Å². The quantitative estimate of drug-likeness (QED) is 0.546. The Morgan fingerprint density at radius 1 is 0.778 bits per heavy atom. The van der Waals surface area contributed by atoms with Crippen molar-refractivity contribution >= 4 is 17.5 Å². The number of benzene rings is 3. The van der Waals surface area contributed by atoms with Gasteiger partial charge in [0, 0.05) is 56.4 Å². The number of amides is 2. The normalized spacial score (nSPS) is 19.9. The standard InChI is InChI=1S/C30H33N3O3/c1-22-8-6-7-11-28(22)31-16-18-32(19-17-31)30(35)27-21-33(29(34)24-9-4-3-5-10-24)20-26(27)23-12-14-25(36-2)15-13-23/h3-15,26-27H,16-21H2,1-2H3. The summed E-state index contributed by atoms with van der Waals surface area (Å²) in [5, 5.41) is 0. The molecule has 2 heterocycles. The van der Waals surface area contributed by atoms with Crippen LogP contribution in [-0.4, -0.2) is 68.0 Å². The molecule has 0 aliphatic carbocycles. The largest absolute Gasteiger partial charge is 0.497 e. The minimum atomic E-state index is -0.268. The first kappa shape index (κ1) is 23.9. The van der Waals surface area contributed by atoms with Crippen LogP contribution in [0.5, 0.6) is 5.75 Å². The molecular formula is C30H33N3O3. The molecular weight excluding hydrogens is 450 g/mol. The first-order valence-electron chi connectivity index (χ1n) is 12.6. The molecule has 2 fully saturated rings. The molecule has 0 N–H and O–H groups in total. The molecule has 2 saturated heterocycles. The fraction of sp³-hybridized carbons (Fsp3) is 0.333. The molecule has 3 aromatic carbocycles. The van der Waals surface area contributed by atoms with Crippen LogP contribution in [-0.2, 0) is 4.79 Å². The second-order valence-electron chi connectivity index (χ2n) is 9.66. The monoisotopic (exact) mass is 483 g/mol. The van der Waals surface area contributed by atoms with Gasteiger partial charge in [-0.15, -0.1) is 0 Å². The number of carbonyl (C=O) groups is 2. The van der Waals surface area contributed by atoms with Gasteiger partial charge in [0.1, 0.15) is 5.75 Å². The molecule has 2 aliphatic rings. The van der Waals surface area contributed by atoms with Crippen molar-refractivity contribution in [3.8, 4) is 5.75 Å². The number of para-hydroxylation sites is 1. The van der Waals surface area contributed by atoms with E-state index >= 15 is 0 Å². The van der Waals surface area contributed by atoms with Gasteiger partial charge in [0.15, 0.2) is 0 Å². The number of likely N-dealkylation sites (tertiary alicyclic amines) is 1. The third-order valence-corrected chi connectivity index (χ3v) is 7.54. The van der Waals surface area contributed by atoms with Crippen molar-refractivity contribution in [3.05, 3.63) is 95.6 Å². The number of hydrogen-bond acceptors (Lipinski definition) is 4. The number of hydrogen-bond donors (Lipinski definition) is 0. The zero-order chi connectivity index (χ0) is 25.1. The summed E-state index contributed by atoms with van der Waals surface area (Å²) in [6.45, 7) is 6.08. The van der Waals surface area contributed by atoms with Crippen LogP contribution < -0.4 is 9.64 Å². The number of piperazine rings is 1. The molecule has 3 aromatic rings. The second kappa shape index (κ2) is 10.4. The Balaban J connectivity index is 1.34. The van der Waals surface area contributed by atoms with Crippen LogP contribution in [0.1, 0.15) is 27.4 Å². The van der Waals surface area contributed by atoms with Gasteiger partial charge in [-0.05, 0) is 48.4 Å². The smallest absolute Gasteiger partial charge is 0.253 e. The van der Waals surface area contributed by atoms with Gasteiger partial charge in [-0.1, -0.05) is 48.5 Å². The van der Waals surface area contributed by atoms with E-state index in [2.05, 4.69) is 36.1 Å². The fourth-order valence-electron chi connectivity index (χ4n) is 5.49. The molecule has 6 nitrogen and oxygen atoms in total. The maximum absolute atomic E-state index is 13.9. The van der Waals surface area contributed by atoms with E-state index in [1.807, 2.05) is 64.4 Å². The van der Waals surface area contributed by atoms with Gasteiger partial charge in [-0.2, -0.15) is 0 Å². The second-order valence-corrected chi connectivity index (χ2v) is 9.66. The molecule has 0 spiro atoms. The Kier molecular flexibility index (Phi) is 6.94. The molecule has 0 radical (unpaired) electrons. The summed E-state index contributed by atoms with van der Waals surface area (Å²) in [6, 6.07) is 25.6. The zero-order valence-corrected chi connectivity index (χ0v) is 21.0. The van der Waals surface area contributed by atoms with Crippen molar-refractivity contribution in [3.63, 3.8) is 0 Å². The number of anilines is 1. The maximum atomic E-state index is 13.9. The van der Waals surface area contributed by atoms with E-state index in [-0.39, 0.29) is 23.7 Å². The predicted octanol–water partition coefficient (Wildman–Crippen LogP) is 4.21. The molecule has 0 saturated carbocycles. The third kappa shape index (κ3) is 4.81. The molecule has 5 rings (SSSR count). The van der Waals surface area contributed by atoms with Crippen molar-refractivity contribution in [1.29, 1.82) is 0 Å². The number of methoxy groups -OCH3 is 1. The van der Waals surface area contributed by atoms with Crippen LogP contribution in [0, 0.1) is 12.8 Å². The number of ether oxygens (including phenoxy) is 1. The molecule has 2 amide bonds. The van der Waals surface area contributed by atoms with Crippen molar-refractivity contribution in [2.75, 3.05) is 51.3 Å². The lowest BCUT2D eigenvalue weighted by Crippen LogP contribution is -2.51. The van der Waals surface area contributed by atoms with Crippen LogP contribution in [0.25, 0.3) is 0 Å². The van der Waals surface area contributed by atoms with Gasteiger partial charge < -0.3 is 19.4 Å². The van der Waals surface area contributed by atoms with Gasteiger partial charge in [-0.3, -0.25) is 9.59 Å². The van der Waals surface area contributed by atoms with E-state index in [1.165, 1.54) is 11.3 Å². The maximum Gasteiger partial charge on any atom is 0.253 e. The SMILES string of the molecule is COc1ccc(C2CN(C(=O)c3ccccc3)CC2C(=O)N2CCN(c3ccccc3C)CC2)cc1. The lowest BCUT2D eigenvalue weighted by molar-refractivity contribution is -0.135. The topological polar surface area (TPSA) is 53.1 Å². The number of aryl methyl sites for hydroxylation is 1. The number of rotatable bonds is 5. The molecule has 0 bridgehead atoms. The molecule has 2 aliphatic heterocycles. The summed E-state index contributed by atoms with van der Waals surface area (Å²) >= 11 is 0. The van der Waals surface area contributed by atoms with Crippen LogP contribution in [0.2, 0.25) is 0 Å². The van der Waals surface area contributed by atoms with E-state index in [0.29, 0.717) is 31.7 Å². The number of nitrogens with zero attached hydrogens (tertiary/aromatic N) is 3. The Hall–Kier alpha value is -3.80. The van der Waals surface area contributed by atoms with Gasteiger partial charge in [0.05, 0.1) is 13.0 Å². The Morgan fingerprint density at radius 2 is 1.44 bits per heavy atom. The van der Waals surface area contributed by atoms with Crippen LogP contribution in [0.4, 0.5) is 5.69 Å². The summed E-state index contributed by atoms with van der Waals surface area (Å²) in [7, 11) is 1.65. The molecule has 6 heteroatoms. The average molecular weight is 484 g/mol. The van der Waals surface area contributed by atoms with Crippen molar-refractivity contribution in [1.82, 2.24) is 9.80 Å². The third-order valence-electron chi connectivity index (χ3n) is 7.54. The highest BCUT2D eigenvalue weighted by Gasteiger charge is 2.42. The summed E-state index contributed by atoms with van der Waals surface area (Å²) in [5.41, 5.74) is 4.21. The summed E-state index contributed by atoms with van der Waals surface area (Å²) in [5.74, 6) is 0.586. The Morgan fingerprint density at radius 3 is 2.11 bits per heavy atom. The first-order chi connectivity index (χ1) is 17.5. The molecule has 2 atom stereocenters. The molecule has 2 unspecified atom stereocenters. The van der Waals surface area contributed by atoms with E-state index < -0.39 is 0 Å². The van der Waals surface area contributed by atoms with Crippen LogP contribution in [0.15, 0.2) is 78.9 Å². The van der Waals surface area contributed by atoms with E-state index in [0.717, 1.165) is 24.4 Å². The van der Waals surface area contributed by atoms with Crippen LogP contribution >= 0.6 is 0 Å². The first-order valence-corrected chi connectivity index (χ1v) is 12.6. The Labute approximate surface area is 213 Å². The summed E-state index contributed by atoms with van der Waals surface area (Å²) < 4.78 is 5.33. The van der Waals surface area contributed by atoms with Crippen molar-refractivity contribution < 1.29 is 14.3 Å². The fourth-order valence-corrected chi connectivity index (χ4v) is 5.49. The lowest BCUT2D eigenvalue weighted by Gasteiger charge is -2.38. The molecule has 36 heavy (non-hydrogen) atoms. The highest BCUT2D eigenvalue weighted by Crippen LogP contribution is 2.36. The highest BCUT2D eigenvalue weighted by atomic mass is 16.5. The summed E-state index contributed by atoms with van der Waals surface area (Å²) in [6.07, 6.45) is 0. The van der Waals surface area contributed by atoms with E-state index in [9.17, 15) is 9.59 Å². The van der Waals surface area contributed by atoms with Crippen molar-refractivity contribution in [2.24, 2.45) is 5.92 Å². The Bertz CT molecular complexity index is 1200. The van der Waals surface area contributed by atoms with Gasteiger partial charge in [0.25, 0.3) is 5.91 Å². The lowest BCUT2D eigenvalue weighted by atomic mass is 9.87. The molecule has 0 aromatic heterocycles. The van der Waals surface area contributed by atoms with Gasteiger partial charge in [-0.25, -0.2) is 0 Å². The minimum Gasteiger partial charge on any atom is -0.497 e. The molecule has 186 valence electrons. The predicted molar refractivity (Wildman–Crippen MR) is 142 cm³/mol. The van der Waals surface area contributed by atoms with Gasteiger partial charge in [0.2, 0.25) is 5.91 Å². The minimum absolute atomic E-state index is 0.0196. The van der Waals surface area contributed by atoms with E-state index in [4.69, 9.17) is 4.74 Å². The van der Waals surface area contributed by atoms with Gasteiger partial charge >= 0.3 is 0 Å². The zero-order valence-electron chi connectivity index (χ0n) is 21.0. The number of carbonyl (C=O) groups excluding carboxylic acids is 2. The summed E-state index contributed by atoms with van der Waals surface area (Å²) in [4.78, 5) is 33.3.